The summed E-state index contributed by atoms with van der Waals surface area (Å²) in [7, 11) is -1.83. The molecule has 0 radical (unpaired) electrons. The minimum absolute atomic E-state index is 0.341. The van der Waals surface area contributed by atoms with Crippen molar-refractivity contribution in [3.05, 3.63) is 0 Å². The summed E-state index contributed by atoms with van der Waals surface area (Å²) in [5.41, 5.74) is 0. The first-order valence-electron chi connectivity index (χ1n) is 4.73. The number of amides is 1. The second-order valence-corrected chi connectivity index (χ2v) is 5.46. The molecule has 1 amide bonds. The monoisotopic (exact) mass is 236 g/mol. The zero-order chi connectivity index (χ0) is 11.5. The Balaban J connectivity index is 2.60. The third kappa shape index (κ3) is 3.35. The Kier molecular flexibility index (Phi) is 3.92. The fourth-order valence-electron chi connectivity index (χ4n) is 1.54. The van der Waals surface area contributed by atoms with E-state index in [0.717, 1.165) is 0 Å². The molecule has 1 fully saturated rings. The number of sulfonamides is 1. The maximum Gasteiger partial charge on any atom is 0.409 e. The largest absolute Gasteiger partial charge is 0.453 e. The van der Waals surface area contributed by atoms with Crippen LogP contribution in [0.15, 0.2) is 0 Å². The highest BCUT2D eigenvalue weighted by Gasteiger charge is 2.23. The molecule has 0 atom stereocenters. The van der Waals surface area contributed by atoms with Crippen molar-refractivity contribution in [1.29, 1.82) is 0 Å². The van der Waals surface area contributed by atoms with Crippen LogP contribution in [0.1, 0.15) is 6.42 Å². The second-order valence-electron chi connectivity index (χ2n) is 3.47. The Bertz CT molecular complexity index is 328. The lowest BCUT2D eigenvalue weighted by atomic mass is 10.4. The lowest BCUT2D eigenvalue weighted by molar-refractivity contribution is 0.126. The lowest BCUT2D eigenvalue weighted by Gasteiger charge is -2.19. The minimum atomic E-state index is -3.15. The first kappa shape index (κ1) is 12.3. The van der Waals surface area contributed by atoms with Gasteiger partial charge in [-0.15, -0.1) is 0 Å². The predicted octanol–water partition coefficient (Wildman–Crippen LogP) is -0.280. The summed E-state index contributed by atoms with van der Waals surface area (Å²) >= 11 is 0. The van der Waals surface area contributed by atoms with Crippen molar-refractivity contribution >= 4 is 16.1 Å². The quantitative estimate of drug-likeness (QED) is 0.628. The maximum atomic E-state index is 11.3. The van der Waals surface area contributed by atoms with Crippen LogP contribution < -0.4 is 0 Å². The Morgan fingerprint density at radius 1 is 1.20 bits per heavy atom. The summed E-state index contributed by atoms with van der Waals surface area (Å²) in [6.45, 7) is 1.73. The number of carbonyl (C=O) groups is 1. The molecule has 88 valence electrons. The van der Waals surface area contributed by atoms with Crippen LogP contribution in [0.3, 0.4) is 0 Å². The van der Waals surface area contributed by atoms with Crippen molar-refractivity contribution in [3.8, 4) is 0 Å². The number of rotatable bonds is 1. The number of hydrogen-bond donors (Lipinski definition) is 0. The summed E-state index contributed by atoms with van der Waals surface area (Å²) in [5, 5.41) is 0. The van der Waals surface area contributed by atoms with Crippen molar-refractivity contribution in [2.45, 2.75) is 6.42 Å². The summed E-state index contributed by atoms with van der Waals surface area (Å²) in [6, 6.07) is 0. The molecular weight excluding hydrogens is 220 g/mol. The van der Waals surface area contributed by atoms with Gasteiger partial charge in [-0.1, -0.05) is 0 Å². The number of methoxy groups -OCH3 is 1. The first-order valence-corrected chi connectivity index (χ1v) is 6.58. The molecule has 0 aromatic carbocycles. The number of carbonyl (C=O) groups excluding carboxylic acids is 1. The van der Waals surface area contributed by atoms with E-state index in [2.05, 4.69) is 4.74 Å². The molecule has 6 nitrogen and oxygen atoms in total. The summed E-state index contributed by atoms with van der Waals surface area (Å²) in [4.78, 5) is 12.7. The van der Waals surface area contributed by atoms with Crippen molar-refractivity contribution in [3.63, 3.8) is 0 Å². The SMILES string of the molecule is COC(=O)N1CCCN(S(C)(=O)=O)CC1. The zero-order valence-corrected chi connectivity index (χ0v) is 9.79. The fourth-order valence-corrected chi connectivity index (χ4v) is 2.41. The van der Waals surface area contributed by atoms with Crippen LogP contribution in [0.25, 0.3) is 0 Å². The molecule has 0 aromatic rings. The van der Waals surface area contributed by atoms with Crippen LogP contribution >= 0.6 is 0 Å². The highest BCUT2D eigenvalue weighted by Crippen LogP contribution is 2.07. The van der Waals surface area contributed by atoms with E-state index >= 15 is 0 Å². The molecule has 0 spiro atoms. The van der Waals surface area contributed by atoms with Gasteiger partial charge >= 0.3 is 6.09 Å². The fraction of sp³-hybridized carbons (Fsp3) is 0.875. The molecule has 1 aliphatic rings. The van der Waals surface area contributed by atoms with Gasteiger partial charge < -0.3 is 9.64 Å². The number of hydrogen-bond acceptors (Lipinski definition) is 4. The molecule has 7 heteroatoms. The molecule has 1 aliphatic heterocycles. The van der Waals surface area contributed by atoms with E-state index in [9.17, 15) is 13.2 Å². The van der Waals surface area contributed by atoms with Crippen LogP contribution in [0.5, 0.6) is 0 Å². The minimum Gasteiger partial charge on any atom is -0.453 e. The topological polar surface area (TPSA) is 66.9 Å². The van der Waals surface area contributed by atoms with E-state index in [4.69, 9.17) is 0 Å². The maximum absolute atomic E-state index is 11.3. The normalized spacial score (nSPS) is 19.7. The standard InChI is InChI=1S/C8H16N2O4S/c1-14-8(11)9-4-3-5-10(7-6-9)15(2,12)13/h3-7H2,1-2H3. The van der Waals surface area contributed by atoms with Gasteiger partial charge in [0, 0.05) is 26.2 Å². The van der Waals surface area contributed by atoms with Gasteiger partial charge in [-0.05, 0) is 6.42 Å². The van der Waals surface area contributed by atoms with Gasteiger partial charge in [0.05, 0.1) is 13.4 Å². The smallest absolute Gasteiger partial charge is 0.409 e. The van der Waals surface area contributed by atoms with E-state index in [1.807, 2.05) is 0 Å². The zero-order valence-electron chi connectivity index (χ0n) is 8.97. The van der Waals surface area contributed by atoms with Gasteiger partial charge in [-0.3, -0.25) is 0 Å². The van der Waals surface area contributed by atoms with E-state index in [1.165, 1.54) is 22.6 Å². The van der Waals surface area contributed by atoms with Crippen molar-refractivity contribution in [1.82, 2.24) is 9.21 Å². The third-order valence-electron chi connectivity index (χ3n) is 2.36. The van der Waals surface area contributed by atoms with Crippen LogP contribution in [0.2, 0.25) is 0 Å². The molecule has 0 N–H and O–H groups in total. The van der Waals surface area contributed by atoms with Gasteiger partial charge in [0.1, 0.15) is 0 Å². The highest BCUT2D eigenvalue weighted by molar-refractivity contribution is 7.88. The molecule has 0 aliphatic carbocycles. The Morgan fingerprint density at radius 3 is 2.40 bits per heavy atom. The summed E-state index contributed by atoms with van der Waals surface area (Å²) in [5.74, 6) is 0. The molecule has 1 saturated heterocycles. The van der Waals surface area contributed by atoms with Gasteiger partial charge in [0.25, 0.3) is 0 Å². The molecular formula is C8H16N2O4S. The molecule has 0 bridgehead atoms. The molecule has 1 heterocycles. The highest BCUT2D eigenvalue weighted by atomic mass is 32.2. The van der Waals surface area contributed by atoms with Crippen molar-refractivity contribution in [2.75, 3.05) is 39.5 Å². The molecule has 0 unspecified atom stereocenters. The van der Waals surface area contributed by atoms with E-state index in [0.29, 0.717) is 32.6 Å². The van der Waals surface area contributed by atoms with Gasteiger partial charge in [-0.25, -0.2) is 17.5 Å². The third-order valence-corrected chi connectivity index (χ3v) is 3.66. The van der Waals surface area contributed by atoms with E-state index in [-0.39, 0.29) is 0 Å². The molecule has 15 heavy (non-hydrogen) atoms. The predicted molar refractivity (Wildman–Crippen MR) is 55.0 cm³/mol. The summed E-state index contributed by atoms with van der Waals surface area (Å²) < 4.78 is 28.5. The van der Waals surface area contributed by atoms with E-state index < -0.39 is 16.1 Å². The average molecular weight is 236 g/mol. The Morgan fingerprint density at radius 2 is 1.87 bits per heavy atom. The first-order chi connectivity index (χ1) is 6.95. The van der Waals surface area contributed by atoms with Crippen molar-refractivity contribution < 1.29 is 17.9 Å². The Hall–Kier alpha value is -0.820. The number of ether oxygens (including phenoxy) is 1. The molecule has 0 saturated carbocycles. The molecule has 1 rings (SSSR count). The lowest BCUT2D eigenvalue weighted by Crippen LogP contribution is -2.36. The average Bonchev–Trinajstić information content (AvgIpc) is 2.40. The summed E-state index contributed by atoms with van der Waals surface area (Å²) in [6.07, 6.45) is 1.42. The number of nitrogens with zero attached hydrogens (tertiary/aromatic N) is 2. The second kappa shape index (κ2) is 4.80. The van der Waals surface area contributed by atoms with Crippen LogP contribution in [0.4, 0.5) is 4.79 Å². The van der Waals surface area contributed by atoms with Crippen molar-refractivity contribution in [2.24, 2.45) is 0 Å². The van der Waals surface area contributed by atoms with Crippen LogP contribution in [-0.2, 0) is 14.8 Å². The van der Waals surface area contributed by atoms with Gasteiger partial charge in [0.15, 0.2) is 0 Å². The van der Waals surface area contributed by atoms with Gasteiger partial charge in [0.2, 0.25) is 10.0 Å². The van der Waals surface area contributed by atoms with E-state index in [1.54, 1.807) is 0 Å². The van der Waals surface area contributed by atoms with Crippen LogP contribution in [0, 0.1) is 0 Å². The molecule has 0 aromatic heterocycles. The van der Waals surface area contributed by atoms with Gasteiger partial charge in [-0.2, -0.15) is 0 Å². The Labute approximate surface area is 89.8 Å². The van der Waals surface area contributed by atoms with Crippen LogP contribution in [-0.4, -0.2) is 63.3 Å².